The Morgan fingerprint density at radius 1 is 1.38 bits per heavy atom. The van der Waals surface area contributed by atoms with Crippen molar-refractivity contribution >= 4 is 22.5 Å². The number of H-pyrrole nitrogens is 1. The third-order valence-electron chi connectivity index (χ3n) is 2.77. The number of fused-ring (bicyclic) bond motifs is 1. The van der Waals surface area contributed by atoms with Gasteiger partial charge in [0.2, 0.25) is 0 Å². The predicted molar refractivity (Wildman–Crippen MR) is 70.0 cm³/mol. The van der Waals surface area contributed by atoms with Crippen LogP contribution < -0.4 is 5.32 Å². The normalized spacial score (nSPS) is 11.6. The Labute approximate surface area is 101 Å². The summed E-state index contributed by atoms with van der Waals surface area (Å²) in [4.78, 5) is 3.38. The number of aromatic nitrogens is 1. The molecule has 2 nitrogen and oxygen atoms in total. The van der Waals surface area contributed by atoms with E-state index in [1.807, 2.05) is 18.2 Å². The van der Waals surface area contributed by atoms with E-state index in [1.54, 1.807) is 0 Å². The maximum atomic E-state index is 6.03. The molecule has 1 aromatic heterocycles. The molecular weight excluding hydrogens is 220 g/mol. The molecule has 2 aromatic rings. The first-order valence-electron chi connectivity index (χ1n) is 5.58. The zero-order valence-electron chi connectivity index (χ0n) is 9.89. The Morgan fingerprint density at radius 2 is 2.12 bits per heavy atom. The van der Waals surface area contributed by atoms with Gasteiger partial charge in [-0.2, -0.15) is 0 Å². The van der Waals surface area contributed by atoms with Crippen LogP contribution in [0, 0.1) is 6.92 Å². The van der Waals surface area contributed by atoms with Gasteiger partial charge in [-0.3, -0.25) is 0 Å². The minimum atomic E-state index is 0.489. The molecule has 2 N–H and O–H groups in total. The van der Waals surface area contributed by atoms with Crippen molar-refractivity contribution in [2.45, 2.75) is 33.4 Å². The van der Waals surface area contributed by atoms with Crippen LogP contribution in [0.25, 0.3) is 10.9 Å². The van der Waals surface area contributed by atoms with E-state index in [4.69, 9.17) is 11.6 Å². The molecule has 0 amide bonds. The number of aromatic amines is 1. The molecule has 0 spiro atoms. The summed E-state index contributed by atoms with van der Waals surface area (Å²) in [5, 5.41) is 5.45. The zero-order chi connectivity index (χ0) is 11.7. The van der Waals surface area contributed by atoms with Crippen LogP contribution in [0.4, 0.5) is 0 Å². The van der Waals surface area contributed by atoms with Gasteiger partial charge in [0, 0.05) is 34.2 Å². The quantitative estimate of drug-likeness (QED) is 0.837. The molecule has 0 aliphatic carbocycles. The molecule has 1 heterocycles. The SMILES string of the molecule is Cc1[nH]c2ccc(Cl)cc2c1CNC(C)C. The van der Waals surface area contributed by atoms with Crippen LogP contribution in [0.3, 0.4) is 0 Å². The maximum absolute atomic E-state index is 6.03. The average Bonchev–Trinajstić information content (AvgIpc) is 2.51. The Bertz CT molecular complexity index is 500. The molecule has 0 unspecified atom stereocenters. The summed E-state index contributed by atoms with van der Waals surface area (Å²) in [6.45, 7) is 7.28. The number of nitrogens with one attached hydrogen (secondary N) is 2. The molecule has 1 aromatic carbocycles. The molecule has 0 bridgehead atoms. The number of hydrogen-bond donors (Lipinski definition) is 2. The highest BCUT2D eigenvalue weighted by molar-refractivity contribution is 6.31. The van der Waals surface area contributed by atoms with Crippen LogP contribution in [0.5, 0.6) is 0 Å². The van der Waals surface area contributed by atoms with Crippen molar-refractivity contribution in [2.75, 3.05) is 0 Å². The van der Waals surface area contributed by atoms with Crippen molar-refractivity contribution in [3.05, 3.63) is 34.5 Å². The summed E-state index contributed by atoms with van der Waals surface area (Å²) in [5.41, 5.74) is 3.68. The highest BCUT2D eigenvalue weighted by Gasteiger charge is 2.08. The Kier molecular flexibility index (Phi) is 3.22. The number of benzene rings is 1. The molecule has 3 heteroatoms. The first-order chi connectivity index (χ1) is 7.58. The lowest BCUT2D eigenvalue weighted by Crippen LogP contribution is -2.22. The number of rotatable bonds is 3. The van der Waals surface area contributed by atoms with E-state index in [1.165, 1.54) is 16.6 Å². The predicted octanol–water partition coefficient (Wildman–Crippen LogP) is 3.63. The second kappa shape index (κ2) is 4.48. The van der Waals surface area contributed by atoms with E-state index < -0.39 is 0 Å². The van der Waals surface area contributed by atoms with Crippen molar-refractivity contribution in [1.29, 1.82) is 0 Å². The first-order valence-corrected chi connectivity index (χ1v) is 5.96. The van der Waals surface area contributed by atoms with E-state index in [-0.39, 0.29) is 0 Å². The van der Waals surface area contributed by atoms with Crippen LogP contribution in [-0.2, 0) is 6.54 Å². The van der Waals surface area contributed by atoms with Crippen molar-refractivity contribution in [3.63, 3.8) is 0 Å². The topological polar surface area (TPSA) is 27.8 Å². The fraction of sp³-hybridized carbons (Fsp3) is 0.385. The summed E-state index contributed by atoms with van der Waals surface area (Å²) in [6, 6.07) is 6.46. The first kappa shape index (κ1) is 11.5. The fourth-order valence-electron chi connectivity index (χ4n) is 1.89. The lowest BCUT2D eigenvalue weighted by atomic mass is 10.1. The fourth-order valence-corrected chi connectivity index (χ4v) is 2.06. The maximum Gasteiger partial charge on any atom is 0.0460 e. The van der Waals surface area contributed by atoms with Crippen molar-refractivity contribution in [3.8, 4) is 0 Å². The molecule has 86 valence electrons. The van der Waals surface area contributed by atoms with Crippen LogP contribution in [-0.4, -0.2) is 11.0 Å². The van der Waals surface area contributed by atoms with Gasteiger partial charge in [-0.15, -0.1) is 0 Å². The summed E-state index contributed by atoms with van der Waals surface area (Å²) in [6.07, 6.45) is 0. The lowest BCUT2D eigenvalue weighted by molar-refractivity contribution is 0.589. The van der Waals surface area contributed by atoms with E-state index in [2.05, 4.69) is 31.1 Å². The number of halogens is 1. The largest absolute Gasteiger partial charge is 0.358 e. The van der Waals surface area contributed by atoms with Crippen molar-refractivity contribution in [2.24, 2.45) is 0 Å². The van der Waals surface area contributed by atoms with Crippen molar-refractivity contribution in [1.82, 2.24) is 10.3 Å². The highest BCUT2D eigenvalue weighted by atomic mass is 35.5. The number of aryl methyl sites for hydroxylation is 1. The van der Waals surface area contributed by atoms with E-state index in [9.17, 15) is 0 Å². The molecule has 0 atom stereocenters. The summed E-state index contributed by atoms with van der Waals surface area (Å²) >= 11 is 6.03. The monoisotopic (exact) mass is 236 g/mol. The van der Waals surface area contributed by atoms with Crippen LogP contribution in [0.1, 0.15) is 25.1 Å². The van der Waals surface area contributed by atoms with Gasteiger partial charge in [0.15, 0.2) is 0 Å². The lowest BCUT2D eigenvalue weighted by Gasteiger charge is -2.08. The van der Waals surface area contributed by atoms with Gasteiger partial charge in [0.05, 0.1) is 0 Å². The molecule has 2 rings (SSSR count). The Morgan fingerprint density at radius 3 is 2.81 bits per heavy atom. The molecule has 0 aliphatic rings. The molecular formula is C13H17ClN2. The van der Waals surface area contributed by atoms with Gasteiger partial charge < -0.3 is 10.3 Å². The molecule has 0 radical (unpaired) electrons. The summed E-state index contributed by atoms with van der Waals surface area (Å²) in [7, 11) is 0. The molecule has 0 aliphatic heterocycles. The van der Waals surface area contributed by atoms with Gasteiger partial charge in [0.1, 0.15) is 0 Å². The Hall–Kier alpha value is -0.990. The van der Waals surface area contributed by atoms with Gasteiger partial charge >= 0.3 is 0 Å². The summed E-state index contributed by atoms with van der Waals surface area (Å²) < 4.78 is 0. The zero-order valence-corrected chi connectivity index (χ0v) is 10.7. The van der Waals surface area contributed by atoms with Gasteiger partial charge in [-0.25, -0.2) is 0 Å². The summed E-state index contributed by atoms with van der Waals surface area (Å²) in [5.74, 6) is 0. The van der Waals surface area contributed by atoms with Crippen LogP contribution in [0.15, 0.2) is 18.2 Å². The van der Waals surface area contributed by atoms with Gasteiger partial charge in [-0.1, -0.05) is 25.4 Å². The van der Waals surface area contributed by atoms with E-state index in [0.717, 1.165) is 17.1 Å². The molecule has 0 saturated heterocycles. The van der Waals surface area contributed by atoms with E-state index in [0.29, 0.717) is 6.04 Å². The Balaban J connectivity index is 2.42. The molecule has 0 fully saturated rings. The average molecular weight is 237 g/mol. The van der Waals surface area contributed by atoms with Gasteiger partial charge in [0.25, 0.3) is 0 Å². The van der Waals surface area contributed by atoms with E-state index >= 15 is 0 Å². The third kappa shape index (κ3) is 2.23. The molecule has 0 saturated carbocycles. The second-order valence-corrected chi connectivity index (χ2v) is 4.89. The third-order valence-corrected chi connectivity index (χ3v) is 3.00. The van der Waals surface area contributed by atoms with Crippen LogP contribution in [0.2, 0.25) is 5.02 Å². The molecule has 16 heavy (non-hydrogen) atoms. The second-order valence-electron chi connectivity index (χ2n) is 4.45. The number of hydrogen-bond acceptors (Lipinski definition) is 1. The van der Waals surface area contributed by atoms with Crippen molar-refractivity contribution < 1.29 is 0 Å². The van der Waals surface area contributed by atoms with Crippen LogP contribution >= 0.6 is 11.6 Å². The minimum absolute atomic E-state index is 0.489. The standard InChI is InChI=1S/C13H17ClN2/c1-8(2)15-7-12-9(3)16-13-5-4-10(14)6-11(12)13/h4-6,8,15-16H,7H2,1-3H3. The minimum Gasteiger partial charge on any atom is -0.358 e. The smallest absolute Gasteiger partial charge is 0.0460 e. The highest BCUT2D eigenvalue weighted by Crippen LogP contribution is 2.25. The van der Waals surface area contributed by atoms with Gasteiger partial charge in [-0.05, 0) is 30.7 Å².